The zero-order chi connectivity index (χ0) is 11.2. The molecule has 0 saturated carbocycles. The molecular formula is C12H18N2OS. The molecule has 16 heavy (non-hydrogen) atoms. The van der Waals surface area contributed by atoms with Gasteiger partial charge in [-0.05, 0) is 24.4 Å². The fourth-order valence-electron chi connectivity index (χ4n) is 1.96. The average Bonchev–Trinajstić information content (AvgIpc) is 2.84. The third kappa shape index (κ3) is 3.40. The van der Waals surface area contributed by atoms with Gasteiger partial charge in [0.2, 0.25) is 0 Å². The van der Waals surface area contributed by atoms with Gasteiger partial charge in [-0.3, -0.25) is 4.79 Å². The summed E-state index contributed by atoms with van der Waals surface area (Å²) in [6.07, 6.45) is 1.67. The van der Waals surface area contributed by atoms with Crippen molar-refractivity contribution in [2.75, 3.05) is 32.7 Å². The Bertz CT molecular complexity index is 318. The number of rotatable bonds is 5. The van der Waals surface area contributed by atoms with Crippen molar-refractivity contribution >= 4 is 17.1 Å². The minimum atomic E-state index is 0.296. The lowest BCUT2D eigenvalue weighted by atomic mass is 10.2. The van der Waals surface area contributed by atoms with E-state index in [9.17, 15) is 4.79 Å². The van der Waals surface area contributed by atoms with E-state index < -0.39 is 0 Å². The van der Waals surface area contributed by atoms with Gasteiger partial charge < -0.3 is 10.2 Å². The molecule has 0 radical (unpaired) electrons. The van der Waals surface area contributed by atoms with Crippen molar-refractivity contribution in [3.05, 3.63) is 22.4 Å². The van der Waals surface area contributed by atoms with Crippen molar-refractivity contribution in [1.82, 2.24) is 10.2 Å². The first-order chi connectivity index (χ1) is 7.86. The molecule has 0 unspecified atom stereocenters. The fourth-order valence-corrected chi connectivity index (χ4v) is 2.65. The Hall–Kier alpha value is -0.710. The molecule has 1 N–H and O–H groups in total. The van der Waals surface area contributed by atoms with Gasteiger partial charge in [-0.1, -0.05) is 6.07 Å². The largest absolute Gasteiger partial charge is 0.314 e. The van der Waals surface area contributed by atoms with Crippen LogP contribution < -0.4 is 5.32 Å². The second-order valence-electron chi connectivity index (χ2n) is 4.10. The van der Waals surface area contributed by atoms with E-state index in [1.54, 1.807) is 11.3 Å². The van der Waals surface area contributed by atoms with Crippen molar-refractivity contribution in [3.63, 3.8) is 0 Å². The Kier molecular flexibility index (Phi) is 4.51. The predicted octanol–water partition coefficient (Wildman–Crippen LogP) is 1.62. The van der Waals surface area contributed by atoms with Gasteiger partial charge in [0.15, 0.2) is 5.78 Å². The molecule has 0 amide bonds. The molecule has 2 heterocycles. The molecule has 0 atom stereocenters. The summed E-state index contributed by atoms with van der Waals surface area (Å²) in [6, 6.07) is 3.85. The van der Waals surface area contributed by atoms with E-state index in [0.717, 1.165) is 44.0 Å². The third-order valence-corrected chi connectivity index (χ3v) is 3.79. The number of Topliss-reactive ketones (excluding diaryl/α,β-unsaturated/α-hetero) is 1. The lowest BCUT2D eigenvalue weighted by Gasteiger charge is -2.26. The molecule has 3 nitrogen and oxygen atoms in total. The number of carbonyl (C=O) groups is 1. The van der Waals surface area contributed by atoms with E-state index in [1.807, 2.05) is 17.5 Å². The molecule has 0 spiro atoms. The maximum atomic E-state index is 11.7. The lowest BCUT2D eigenvalue weighted by molar-refractivity contribution is 0.0977. The summed E-state index contributed by atoms with van der Waals surface area (Å²) in [5, 5.41) is 5.29. The van der Waals surface area contributed by atoms with Crippen molar-refractivity contribution in [2.24, 2.45) is 0 Å². The molecule has 1 saturated heterocycles. The standard InChI is InChI=1S/C12H18N2OS/c15-11(12-4-2-10-16-12)3-1-7-14-8-5-13-6-9-14/h2,4,10,13H,1,3,5-9H2. The summed E-state index contributed by atoms with van der Waals surface area (Å²) < 4.78 is 0. The second kappa shape index (κ2) is 6.13. The molecule has 0 aliphatic carbocycles. The molecule has 1 aliphatic rings. The lowest BCUT2D eigenvalue weighted by Crippen LogP contribution is -2.43. The molecule has 1 aromatic heterocycles. The van der Waals surface area contributed by atoms with Crippen molar-refractivity contribution in [2.45, 2.75) is 12.8 Å². The van der Waals surface area contributed by atoms with Crippen LogP contribution in [0.25, 0.3) is 0 Å². The van der Waals surface area contributed by atoms with Crippen LogP contribution in [0.5, 0.6) is 0 Å². The van der Waals surface area contributed by atoms with Crippen LogP contribution in [0.1, 0.15) is 22.5 Å². The molecule has 0 aromatic carbocycles. The summed E-state index contributed by atoms with van der Waals surface area (Å²) in [5.41, 5.74) is 0. The van der Waals surface area contributed by atoms with Crippen LogP contribution in [0, 0.1) is 0 Å². The van der Waals surface area contributed by atoms with Gasteiger partial charge in [0.1, 0.15) is 0 Å². The highest BCUT2D eigenvalue weighted by atomic mass is 32.1. The van der Waals surface area contributed by atoms with Gasteiger partial charge in [0, 0.05) is 32.6 Å². The third-order valence-electron chi connectivity index (χ3n) is 2.88. The zero-order valence-electron chi connectivity index (χ0n) is 9.45. The molecule has 88 valence electrons. The van der Waals surface area contributed by atoms with Gasteiger partial charge in [0.25, 0.3) is 0 Å². The van der Waals surface area contributed by atoms with Crippen LogP contribution >= 0.6 is 11.3 Å². The molecule has 4 heteroatoms. The molecule has 1 fully saturated rings. The smallest absolute Gasteiger partial charge is 0.172 e. The van der Waals surface area contributed by atoms with Gasteiger partial charge in [0.05, 0.1) is 4.88 Å². The Morgan fingerprint density at radius 3 is 2.94 bits per heavy atom. The number of nitrogens with one attached hydrogen (secondary N) is 1. The molecule has 1 aliphatic heterocycles. The fraction of sp³-hybridized carbons (Fsp3) is 0.583. The van der Waals surface area contributed by atoms with E-state index in [1.165, 1.54) is 0 Å². The topological polar surface area (TPSA) is 32.3 Å². The van der Waals surface area contributed by atoms with Gasteiger partial charge >= 0.3 is 0 Å². The van der Waals surface area contributed by atoms with Crippen LogP contribution in [0.4, 0.5) is 0 Å². The Morgan fingerprint density at radius 2 is 2.25 bits per heavy atom. The van der Waals surface area contributed by atoms with Crippen molar-refractivity contribution in [3.8, 4) is 0 Å². The van der Waals surface area contributed by atoms with Gasteiger partial charge in [-0.25, -0.2) is 0 Å². The number of hydrogen-bond acceptors (Lipinski definition) is 4. The Morgan fingerprint density at radius 1 is 1.44 bits per heavy atom. The average molecular weight is 238 g/mol. The minimum Gasteiger partial charge on any atom is -0.314 e. The van der Waals surface area contributed by atoms with E-state index in [2.05, 4.69) is 10.2 Å². The summed E-state index contributed by atoms with van der Waals surface area (Å²) in [4.78, 5) is 15.1. The number of carbonyl (C=O) groups excluding carboxylic acids is 1. The highest BCUT2D eigenvalue weighted by Gasteiger charge is 2.11. The summed E-state index contributed by atoms with van der Waals surface area (Å²) in [5.74, 6) is 0.296. The Balaban J connectivity index is 1.66. The van der Waals surface area contributed by atoms with Crippen LogP contribution in [0.2, 0.25) is 0 Å². The van der Waals surface area contributed by atoms with E-state index in [0.29, 0.717) is 12.2 Å². The summed E-state index contributed by atoms with van der Waals surface area (Å²) in [7, 11) is 0. The first-order valence-electron chi connectivity index (χ1n) is 5.86. The van der Waals surface area contributed by atoms with Crippen LogP contribution in [0.3, 0.4) is 0 Å². The number of piperazine rings is 1. The molecule has 0 bridgehead atoms. The molecule has 2 rings (SSSR count). The summed E-state index contributed by atoms with van der Waals surface area (Å²) >= 11 is 1.54. The maximum Gasteiger partial charge on any atom is 0.172 e. The summed E-state index contributed by atoms with van der Waals surface area (Å²) in [6.45, 7) is 5.46. The van der Waals surface area contributed by atoms with Gasteiger partial charge in [-0.15, -0.1) is 11.3 Å². The number of hydrogen-bond donors (Lipinski definition) is 1. The van der Waals surface area contributed by atoms with Crippen LogP contribution in [-0.4, -0.2) is 43.4 Å². The van der Waals surface area contributed by atoms with Crippen molar-refractivity contribution < 1.29 is 4.79 Å². The normalized spacial score (nSPS) is 17.5. The SMILES string of the molecule is O=C(CCCN1CCNCC1)c1cccs1. The molecular weight excluding hydrogens is 220 g/mol. The first-order valence-corrected chi connectivity index (χ1v) is 6.74. The van der Waals surface area contributed by atoms with Crippen LogP contribution in [-0.2, 0) is 0 Å². The van der Waals surface area contributed by atoms with Crippen LogP contribution in [0.15, 0.2) is 17.5 Å². The predicted molar refractivity (Wildman–Crippen MR) is 67.2 cm³/mol. The number of nitrogens with zero attached hydrogens (tertiary/aromatic N) is 1. The molecule has 1 aromatic rings. The number of thiophene rings is 1. The van der Waals surface area contributed by atoms with E-state index >= 15 is 0 Å². The van der Waals surface area contributed by atoms with E-state index in [-0.39, 0.29) is 0 Å². The monoisotopic (exact) mass is 238 g/mol. The zero-order valence-corrected chi connectivity index (χ0v) is 10.3. The first kappa shape index (κ1) is 11.8. The van der Waals surface area contributed by atoms with Gasteiger partial charge in [-0.2, -0.15) is 0 Å². The second-order valence-corrected chi connectivity index (χ2v) is 5.04. The minimum absolute atomic E-state index is 0.296. The highest BCUT2D eigenvalue weighted by molar-refractivity contribution is 7.12. The van der Waals surface area contributed by atoms with Crippen molar-refractivity contribution in [1.29, 1.82) is 0 Å². The Labute approximate surface area is 100 Å². The highest BCUT2D eigenvalue weighted by Crippen LogP contribution is 2.12. The quantitative estimate of drug-likeness (QED) is 0.791. The maximum absolute atomic E-state index is 11.7. The number of ketones is 1. The van der Waals surface area contributed by atoms with E-state index in [4.69, 9.17) is 0 Å².